The van der Waals surface area contributed by atoms with Crippen molar-refractivity contribution >= 4 is 34.1 Å². The van der Waals surface area contributed by atoms with Crippen molar-refractivity contribution in [1.82, 2.24) is 9.55 Å². The summed E-state index contributed by atoms with van der Waals surface area (Å²) >= 11 is 5.86. The quantitative estimate of drug-likeness (QED) is 0.761. The maximum absolute atomic E-state index is 14.3. The van der Waals surface area contributed by atoms with E-state index in [1.807, 2.05) is 12.1 Å². The maximum atomic E-state index is 14.3. The van der Waals surface area contributed by atoms with Gasteiger partial charge in [-0.1, -0.05) is 0 Å². The van der Waals surface area contributed by atoms with Crippen LogP contribution in [0.15, 0.2) is 28.3 Å². The van der Waals surface area contributed by atoms with Crippen LogP contribution in [0.25, 0.3) is 11.0 Å². The summed E-state index contributed by atoms with van der Waals surface area (Å²) in [5, 5.41) is 0.969. The molecule has 21 heavy (non-hydrogen) atoms. The van der Waals surface area contributed by atoms with Crippen molar-refractivity contribution < 1.29 is 9.13 Å². The van der Waals surface area contributed by atoms with Gasteiger partial charge in [-0.2, -0.15) is 0 Å². The molecule has 0 bridgehead atoms. The normalized spacial score (nSPS) is 25.0. The fourth-order valence-electron chi connectivity index (χ4n) is 2.96. The highest BCUT2D eigenvalue weighted by Crippen LogP contribution is 2.37. The minimum atomic E-state index is -1.30. The Kier molecular flexibility index (Phi) is 3.01. The molecule has 108 valence electrons. The highest BCUT2D eigenvalue weighted by atomic mass is 35.5. The summed E-state index contributed by atoms with van der Waals surface area (Å²) in [6.07, 6.45) is 1.64. The second kappa shape index (κ2) is 4.89. The van der Waals surface area contributed by atoms with E-state index < -0.39 is 12.2 Å². The fourth-order valence-corrected chi connectivity index (χ4v) is 3.12. The Morgan fingerprint density at radius 3 is 3.24 bits per heavy atom. The molecule has 0 amide bonds. The zero-order valence-electron chi connectivity index (χ0n) is 11.0. The number of ether oxygens (including phenoxy) is 1. The highest BCUT2D eigenvalue weighted by molar-refractivity contribution is 6.65. The summed E-state index contributed by atoms with van der Waals surface area (Å²) in [5.74, 6) is 0. The van der Waals surface area contributed by atoms with Gasteiger partial charge < -0.3 is 9.30 Å². The summed E-state index contributed by atoms with van der Waals surface area (Å²) in [6.45, 7) is 1.76. The van der Waals surface area contributed by atoms with Gasteiger partial charge in [0.05, 0.1) is 18.9 Å². The van der Waals surface area contributed by atoms with Crippen LogP contribution in [0.5, 0.6) is 0 Å². The van der Waals surface area contributed by atoms with Gasteiger partial charge in [0.1, 0.15) is 11.7 Å². The van der Waals surface area contributed by atoms with E-state index >= 15 is 0 Å². The third kappa shape index (κ3) is 1.98. The molecule has 2 unspecified atom stereocenters. The monoisotopic (exact) mass is 306 g/mol. The Labute approximate surface area is 125 Å². The van der Waals surface area contributed by atoms with Crippen LogP contribution in [0.3, 0.4) is 0 Å². The van der Waals surface area contributed by atoms with E-state index in [4.69, 9.17) is 16.3 Å². The van der Waals surface area contributed by atoms with E-state index in [0.29, 0.717) is 19.8 Å². The van der Waals surface area contributed by atoms with Gasteiger partial charge in [0, 0.05) is 29.9 Å². The second-order valence-corrected chi connectivity index (χ2v) is 5.34. The zero-order chi connectivity index (χ0) is 14.4. The van der Waals surface area contributed by atoms with E-state index in [9.17, 15) is 4.39 Å². The summed E-state index contributed by atoms with van der Waals surface area (Å²) in [6, 6.07) is 3.08. The molecular weight excluding hydrogens is 295 g/mol. The first-order chi connectivity index (χ1) is 10.3. The van der Waals surface area contributed by atoms with Gasteiger partial charge in [0.25, 0.3) is 0 Å². The van der Waals surface area contributed by atoms with Crippen molar-refractivity contribution in [3.63, 3.8) is 0 Å². The molecule has 0 fully saturated rings. The molecule has 0 radical (unpaired) electrons. The van der Waals surface area contributed by atoms with Crippen molar-refractivity contribution in [3.05, 3.63) is 29.6 Å². The Bertz CT molecular complexity index is 770. The molecule has 7 heteroatoms. The number of rotatable bonds is 1. The number of pyridine rings is 1. The van der Waals surface area contributed by atoms with E-state index in [1.54, 1.807) is 6.20 Å². The SMILES string of the molecule is FC1C=NC(Cl)=NC1c1c2n(c3ncccc13)CCOC2. The number of nitrogens with zero attached hydrogens (tertiary/aromatic N) is 4. The molecule has 0 aromatic carbocycles. The molecule has 0 aliphatic carbocycles. The number of amidine groups is 1. The third-order valence-electron chi connectivity index (χ3n) is 3.83. The number of halogens is 2. The van der Waals surface area contributed by atoms with Crippen molar-refractivity contribution in [1.29, 1.82) is 0 Å². The minimum absolute atomic E-state index is 0.0719. The van der Waals surface area contributed by atoms with Gasteiger partial charge in [-0.15, -0.1) is 0 Å². The molecule has 0 N–H and O–H groups in total. The number of alkyl halides is 1. The first-order valence-electron chi connectivity index (χ1n) is 6.71. The van der Waals surface area contributed by atoms with Crippen LogP contribution >= 0.6 is 11.6 Å². The Morgan fingerprint density at radius 2 is 2.33 bits per heavy atom. The molecule has 2 aromatic heterocycles. The lowest BCUT2D eigenvalue weighted by Gasteiger charge is -2.22. The lowest BCUT2D eigenvalue weighted by atomic mass is 10.00. The summed E-state index contributed by atoms with van der Waals surface area (Å²) in [5.41, 5.74) is 2.56. The van der Waals surface area contributed by atoms with Crippen LogP contribution in [0.4, 0.5) is 4.39 Å². The predicted octanol–water partition coefficient (Wildman–Crippen LogP) is 2.62. The van der Waals surface area contributed by atoms with Crippen LogP contribution < -0.4 is 0 Å². The molecule has 0 saturated carbocycles. The predicted molar refractivity (Wildman–Crippen MR) is 78.8 cm³/mol. The summed E-state index contributed by atoms with van der Waals surface area (Å²) in [4.78, 5) is 12.3. The average molecular weight is 307 g/mol. The standard InChI is InChI=1S/C14H12ClFN4O/c15-14-18-6-9(16)12(19-14)11-8-2-1-3-17-13(8)20-4-5-21-7-10(11)20/h1-3,6,9,12H,4-5,7H2. The van der Waals surface area contributed by atoms with Crippen molar-refractivity contribution in [2.24, 2.45) is 9.98 Å². The number of aromatic nitrogens is 2. The zero-order valence-corrected chi connectivity index (χ0v) is 11.8. The van der Waals surface area contributed by atoms with Crippen molar-refractivity contribution in [2.75, 3.05) is 6.61 Å². The van der Waals surface area contributed by atoms with Gasteiger partial charge in [-0.05, 0) is 23.7 Å². The number of aliphatic imine (C=N–C) groups is 2. The van der Waals surface area contributed by atoms with Gasteiger partial charge in [0.2, 0.25) is 5.29 Å². The molecule has 0 spiro atoms. The maximum Gasteiger partial charge on any atom is 0.218 e. The fraction of sp³-hybridized carbons (Fsp3) is 0.357. The second-order valence-electron chi connectivity index (χ2n) is 5.00. The molecule has 4 rings (SSSR count). The largest absolute Gasteiger partial charge is 0.373 e. The van der Waals surface area contributed by atoms with Crippen LogP contribution in [0.2, 0.25) is 0 Å². The number of hydrogen-bond acceptors (Lipinski definition) is 4. The Balaban J connectivity index is 1.98. The van der Waals surface area contributed by atoms with Gasteiger partial charge >= 0.3 is 0 Å². The molecular formula is C14H12ClFN4O. The first-order valence-corrected chi connectivity index (χ1v) is 7.09. The average Bonchev–Trinajstić information content (AvgIpc) is 2.84. The number of hydrogen-bond donors (Lipinski definition) is 0. The molecule has 2 aliphatic heterocycles. The Hall–Kier alpha value is -1.79. The third-order valence-corrected chi connectivity index (χ3v) is 4.03. The van der Waals surface area contributed by atoms with E-state index in [2.05, 4.69) is 19.5 Å². The van der Waals surface area contributed by atoms with Crippen LogP contribution in [0.1, 0.15) is 17.3 Å². The van der Waals surface area contributed by atoms with E-state index in [0.717, 1.165) is 22.3 Å². The molecule has 2 atom stereocenters. The molecule has 2 aromatic rings. The topological polar surface area (TPSA) is 51.8 Å². The smallest absolute Gasteiger partial charge is 0.218 e. The lowest BCUT2D eigenvalue weighted by Crippen LogP contribution is -2.22. The summed E-state index contributed by atoms with van der Waals surface area (Å²) < 4.78 is 21.9. The Morgan fingerprint density at radius 1 is 1.43 bits per heavy atom. The van der Waals surface area contributed by atoms with E-state index in [1.165, 1.54) is 6.21 Å². The summed E-state index contributed by atoms with van der Waals surface area (Å²) in [7, 11) is 0. The van der Waals surface area contributed by atoms with Gasteiger partial charge in [-0.25, -0.2) is 19.4 Å². The number of fused-ring (bicyclic) bond motifs is 3. The lowest BCUT2D eigenvalue weighted by molar-refractivity contribution is 0.0850. The van der Waals surface area contributed by atoms with Crippen molar-refractivity contribution in [3.8, 4) is 0 Å². The minimum Gasteiger partial charge on any atom is -0.373 e. The highest BCUT2D eigenvalue weighted by Gasteiger charge is 2.32. The van der Waals surface area contributed by atoms with E-state index in [-0.39, 0.29) is 5.29 Å². The van der Waals surface area contributed by atoms with Crippen LogP contribution in [-0.4, -0.2) is 33.8 Å². The first kappa shape index (κ1) is 12.9. The van der Waals surface area contributed by atoms with Crippen LogP contribution in [-0.2, 0) is 17.9 Å². The van der Waals surface area contributed by atoms with Crippen LogP contribution in [0, 0.1) is 0 Å². The molecule has 0 saturated heterocycles. The molecule has 4 heterocycles. The van der Waals surface area contributed by atoms with Gasteiger partial charge in [-0.3, -0.25) is 0 Å². The van der Waals surface area contributed by atoms with Gasteiger partial charge in [0.15, 0.2) is 6.17 Å². The molecule has 2 aliphatic rings. The molecule has 5 nitrogen and oxygen atoms in total. The van der Waals surface area contributed by atoms with Crippen molar-refractivity contribution in [2.45, 2.75) is 25.4 Å².